The third kappa shape index (κ3) is 4.57. The normalized spacial score (nSPS) is 10.5. The quantitative estimate of drug-likeness (QED) is 0.671. The first-order chi connectivity index (χ1) is 12.7. The average molecular weight is 345 g/mol. The van der Waals surface area contributed by atoms with Crippen LogP contribution in [0.15, 0.2) is 72.9 Å². The van der Waals surface area contributed by atoms with Gasteiger partial charge in [-0.3, -0.25) is 4.79 Å². The Kier molecular flexibility index (Phi) is 5.80. The van der Waals surface area contributed by atoms with Crippen LogP contribution in [0.1, 0.15) is 29.3 Å². The lowest BCUT2D eigenvalue weighted by Crippen LogP contribution is -2.43. The molecule has 0 saturated heterocycles. The highest BCUT2D eigenvalue weighted by molar-refractivity contribution is 5.90. The van der Waals surface area contributed by atoms with E-state index in [-0.39, 0.29) is 5.91 Å². The van der Waals surface area contributed by atoms with Gasteiger partial charge in [-0.15, -0.1) is 0 Å². The molecule has 0 aliphatic heterocycles. The Morgan fingerprint density at radius 1 is 0.923 bits per heavy atom. The smallest absolute Gasteiger partial charge is 0.290 e. The summed E-state index contributed by atoms with van der Waals surface area (Å²) in [5.74, 6) is -0.00753. The van der Waals surface area contributed by atoms with Crippen molar-refractivity contribution in [1.82, 2.24) is 0 Å². The van der Waals surface area contributed by atoms with E-state index in [2.05, 4.69) is 48.8 Å². The van der Waals surface area contributed by atoms with Gasteiger partial charge in [0.2, 0.25) is 6.54 Å². The molecule has 0 fully saturated rings. The van der Waals surface area contributed by atoms with Crippen LogP contribution in [-0.2, 0) is 24.2 Å². The van der Waals surface area contributed by atoms with Crippen molar-refractivity contribution in [3.63, 3.8) is 0 Å². The van der Waals surface area contributed by atoms with Gasteiger partial charge < -0.3 is 5.32 Å². The van der Waals surface area contributed by atoms with Gasteiger partial charge in [0.15, 0.2) is 11.9 Å². The largest absolute Gasteiger partial charge is 0.320 e. The first kappa shape index (κ1) is 17.9. The lowest BCUT2D eigenvalue weighted by atomic mass is 10.0. The minimum absolute atomic E-state index is 0.00753. The molecule has 0 bridgehead atoms. The highest BCUT2D eigenvalue weighted by Gasteiger charge is 2.15. The molecular weight excluding hydrogens is 320 g/mol. The van der Waals surface area contributed by atoms with Crippen molar-refractivity contribution in [3.05, 3.63) is 95.3 Å². The first-order valence-corrected chi connectivity index (χ1v) is 9.06. The molecule has 3 rings (SSSR count). The highest BCUT2D eigenvalue weighted by atomic mass is 16.1. The van der Waals surface area contributed by atoms with Gasteiger partial charge in [-0.25, -0.2) is 0 Å². The number of aryl methyl sites for hydroxylation is 2. The van der Waals surface area contributed by atoms with E-state index in [4.69, 9.17) is 0 Å². The van der Waals surface area contributed by atoms with Crippen LogP contribution in [0.5, 0.6) is 0 Å². The summed E-state index contributed by atoms with van der Waals surface area (Å²) in [7, 11) is 0. The molecule has 0 saturated carbocycles. The lowest BCUT2D eigenvalue weighted by molar-refractivity contribution is -0.690. The second kappa shape index (κ2) is 8.43. The fourth-order valence-electron chi connectivity index (χ4n) is 3.00. The highest BCUT2D eigenvalue weighted by Crippen LogP contribution is 2.19. The number of para-hydroxylation sites is 1. The predicted octanol–water partition coefficient (Wildman–Crippen LogP) is 4.07. The Morgan fingerprint density at radius 3 is 2.42 bits per heavy atom. The lowest BCUT2D eigenvalue weighted by Gasteiger charge is -2.11. The van der Waals surface area contributed by atoms with Gasteiger partial charge in [0.05, 0.1) is 0 Å². The van der Waals surface area contributed by atoms with Crippen molar-refractivity contribution in [2.75, 3.05) is 5.32 Å². The monoisotopic (exact) mass is 345 g/mol. The number of hydrogen-bond donors (Lipinski definition) is 1. The molecule has 3 nitrogen and oxygen atoms in total. The topological polar surface area (TPSA) is 33.0 Å². The molecule has 1 N–H and O–H groups in total. The van der Waals surface area contributed by atoms with Crippen LogP contribution in [-0.4, -0.2) is 5.91 Å². The van der Waals surface area contributed by atoms with E-state index in [0.29, 0.717) is 6.54 Å². The van der Waals surface area contributed by atoms with Gasteiger partial charge in [-0.2, -0.15) is 4.57 Å². The number of hydrogen-bond acceptors (Lipinski definition) is 1. The van der Waals surface area contributed by atoms with Crippen LogP contribution in [0.25, 0.3) is 0 Å². The van der Waals surface area contributed by atoms with Crippen LogP contribution in [0.4, 0.5) is 5.69 Å². The first-order valence-electron chi connectivity index (χ1n) is 9.06. The van der Waals surface area contributed by atoms with Gasteiger partial charge in [0, 0.05) is 24.2 Å². The number of rotatable bonds is 6. The zero-order valence-corrected chi connectivity index (χ0v) is 15.4. The minimum Gasteiger partial charge on any atom is -0.320 e. The van der Waals surface area contributed by atoms with E-state index < -0.39 is 0 Å². The maximum atomic E-state index is 12.6. The number of nitrogens with one attached hydrogen (secondary N) is 1. The number of carbonyl (C=O) groups is 1. The van der Waals surface area contributed by atoms with E-state index >= 15 is 0 Å². The summed E-state index contributed by atoms with van der Waals surface area (Å²) in [6.07, 6.45) is 3.82. The molecule has 26 heavy (non-hydrogen) atoms. The number of carbonyl (C=O) groups excluding carboxylic acids is 1. The van der Waals surface area contributed by atoms with Crippen molar-refractivity contribution < 1.29 is 9.36 Å². The third-order valence-corrected chi connectivity index (χ3v) is 4.56. The summed E-state index contributed by atoms with van der Waals surface area (Å²) >= 11 is 0. The Bertz CT molecular complexity index is 888. The SMILES string of the molecule is CCc1ccc(C)[n+](CC(=O)Nc2ccccc2Cc2ccccc2)c1. The van der Waals surface area contributed by atoms with Crippen molar-refractivity contribution in [1.29, 1.82) is 0 Å². The van der Waals surface area contributed by atoms with Crippen molar-refractivity contribution in [3.8, 4) is 0 Å². The molecule has 1 amide bonds. The number of pyridine rings is 1. The molecule has 3 aromatic rings. The molecular formula is C23H25N2O+. The summed E-state index contributed by atoms with van der Waals surface area (Å²) < 4.78 is 2.01. The number of anilines is 1. The Labute approximate surface area is 155 Å². The van der Waals surface area contributed by atoms with Crippen LogP contribution >= 0.6 is 0 Å². The molecule has 0 radical (unpaired) electrons. The van der Waals surface area contributed by atoms with Gasteiger partial charge in [-0.05, 0) is 36.1 Å². The van der Waals surface area contributed by atoms with Gasteiger partial charge >= 0.3 is 0 Å². The fourth-order valence-corrected chi connectivity index (χ4v) is 3.00. The van der Waals surface area contributed by atoms with Crippen LogP contribution in [0.2, 0.25) is 0 Å². The minimum atomic E-state index is -0.00753. The second-order valence-corrected chi connectivity index (χ2v) is 6.53. The summed E-state index contributed by atoms with van der Waals surface area (Å²) in [6, 6.07) is 22.5. The van der Waals surface area contributed by atoms with Gasteiger partial charge in [-0.1, -0.05) is 55.5 Å². The number of amides is 1. The molecule has 1 heterocycles. The average Bonchev–Trinajstić information content (AvgIpc) is 2.66. The number of benzene rings is 2. The van der Waals surface area contributed by atoms with E-state index in [9.17, 15) is 4.79 Å². The molecule has 0 aliphatic rings. The molecule has 2 aromatic carbocycles. The van der Waals surface area contributed by atoms with E-state index in [1.807, 2.05) is 47.9 Å². The third-order valence-electron chi connectivity index (χ3n) is 4.56. The van der Waals surface area contributed by atoms with Crippen LogP contribution < -0.4 is 9.88 Å². The molecule has 0 atom stereocenters. The predicted molar refractivity (Wildman–Crippen MR) is 105 cm³/mol. The van der Waals surface area contributed by atoms with E-state index in [1.165, 1.54) is 11.1 Å². The van der Waals surface area contributed by atoms with Crippen LogP contribution in [0.3, 0.4) is 0 Å². The molecule has 132 valence electrons. The molecule has 0 unspecified atom stereocenters. The molecule has 1 aromatic heterocycles. The Balaban J connectivity index is 1.74. The van der Waals surface area contributed by atoms with Crippen molar-refractivity contribution >= 4 is 11.6 Å². The maximum Gasteiger partial charge on any atom is 0.290 e. The zero-order valence-electron chi connectivity index (χ0n) is 15.4. The summed E-state index contributed by atoms with van der Waals surface area (Å²) in [5.41, 5.74) is 5.54. The molecule has 0 aliphatic carbocycles. The standard InChI is InChI=1S/C23H24N2O/c1-3-19-14-13-18(2)25(16-19)17-23(26)24-22-12-8-7-11-21(22)15-20-9-5-4-6-10-20/h4-14,16H,3,15,17H2,1-2H3/p+1. The second-order valence-electron chi connectivity index (χ2n) is 6.53. The Morgan fingerprint density at radius 2 is 1.65 bits per heavy atom. The molecule has 0 spiro atoms. The van der Waals surface area contributed by atoms with E-state index in [1.54, 1.807) is 0 Å². The van der Waals surface area contributed by atoms with Gasteiger partial charge in [0.25, 0.3) is 5.91 Å². The summed E-state index contributed by atoms with van der Waals surface area (Å²) in [4.78, 5) is 12.6. The van der Waals surface area contributed by atoms with Gasteiger partial charge in [0.1, 0.15) is 0 Å². The molecule has 3 heteroatoms. The summed E-state index contributed by atoms with van der Waals surface area (Å²) in [5, 5.41) is 3.08. The Hall–Kier alpha value is -2.94. The zero-order chi connectivity index (χ0) is 18.4. The number of nitrogens with zero attached hydrogens (tertiary/aromatic N) is 1. The summed E-state index contributed by atoms with van der Waals surface area (Å²) in [6.45, 7) is 4.46. The maximum absolute atomic E-state index is 12.6. The fraction of sp³-hybridized carbons (Fsp3) is 0.217. The van der Waals surface area contributed by atoms with E-state index in [0.717, 1.165) is 29.8 Å². The number of aromatic nitrogens is 1. The van der Waals surface area contributed by atoms with Crippen molar-refractivity contribution in [2.45, 2.75) is 33.2 Å². The van der Waals surface area contributed by atoms with Crippen LogP contribution in [0, 0.1) is 6.92 Å². The van der Waals surface area contributed by atoms with Crippen molar-refractivity contribution in [2.24, 2.45) is 0 Å².